The number of hydrogen-bond donors (Lipinski definition) is 2. The molecule has 1 saturated carbocycles. The molecule has 1 heterocycles. The Labute approximate surface area is 100.0 Å². The Morgan fingerprint density at radius 1 is 1.44 bits per heavy atom. The molecule has 2 rings (SSSR count). The van der Waals surface area contributed by atoms with E-state index in [0.717, 1.165) is 0 Å². The zero-order valence-corrected chi connectivity index (χ0v) is 9.92. The monoisotopic (exact) mass is 240 g/mol. The van der Waals surface area contributed by atoms with Gasteiger partial charge in [-0.15, -0.1) is 0 Å². The first kappa shape index (κ1) is 11.3. The maximum Gasteiger partial charge on any atom is 0.213 e. The molecule has 2 N–H and O–H groups in total. The summed E-state index contributed by atoms with van der Waals surface area (Å²) in [4.78, 5) is 3.91. The molecule has 1 aliphatic carbocycles. The van der Waals surface area contributed by atoms with E-state index in [9.17, 15) is 0 Å². The van der Waals surface area contributed by atoms with Crippen molar-refractivity contribution in [3.63, 3.8) is 0 Å². The Morgan fingerprint density at radius 2 is 2.25 bits per heavy atom. The van der Waals surface area contributed by atoms with E-state index in [4.69, 9.17) is 12.2 Å². The molecule has 88 valence electrons. The first-order chi connectivity index (χ1) is 7.84. The minimum absolute atomic E-state index is 0.509. The lowest BCUT2D eigenvalue weighted by atomic mass is 9.96. The SMILES string of the molecule is S=C(NCc1ncon1)NC1CCCCC1. The minimum atomic E-state index is 0.509. The normalized spacial score (nSPS) is 17.0. The molecule has 0 amide bonds. The van der Waals surface area contributed by atoms with Crippen LogP contribution in [-0.4, -0.2) is 21.3 Å². The number of nitrogens with one attached hydrogen (secondary N) is 2. The Hall–Kier alpha value is -1.17. The molecule has 16 heavy (non-hydrogen) atoms. The van der Waals surface area contributed by atoms with Gasteiger partial charge in [-0.05, 0) is 25.1 Å². The van der Waals surface area contributed by atoms with Gasteiger partial charge < -0.3 is 15.2 Å². The molecular formula is C10H16N4OS. The zero-order chi connectivity index (χ0) is 11.2. The Bertz CT molecular complexity index is 322. The fourth-order valence-electron chi connectivity index (χ4n) is 1.91. The third kappa shape index (κ3) is 3.44. The van der Waals surface area contributed by atoms with Crippen molar-refractivity contribution >= 4 is 17.3 Å². The van der Waals surface area contributed by atoms with Crippen LogP contribution in [0.5, 0.6) is 0 Å². The molecule has 0 spiro atoms. The molecule has 0 bridgehead atoms. The van der Waals surface area contributed by atoms with Gasteiger partial charge in [-0.3, -0.25) is 0 Å². The average molecular weight is 240 g/mol. The Balaban J connectivity index is 1.67. The summed E-state index contributed by atoms with van der Waals surface area (Å²) >= 11 is 5.20. The second-order valence-electron chi connectivity index (χ2n) is 4.01. The first-order valence-corrected chi connectivity index (χ1v) is 6.05. The van der Waals surface area contributed by atoms with E-state index in [1.54, 1.807) is 0 Å². The summed E-state index contributed by atoms with van der Waals surface area (Å²) in [5.74, 6) is 0.618. The number of thiocarbonyl (C=S) groups is 1. The van der Waals surface area contributed by atoms with Gasteiger partial charge in [-0.2, -0.15) is 4.98 Å². The van der Waals surface area contributed by atoms with Gasteiger partial charge in [0.2, 0.25) is 6.39 Å². The molecule has 1 aromatic rings. The van der Waals surface area contributed by atoms with Gasteiger partial charge >= 0.3 is 0 Å². The molecule has 0 atom stereocenters. The number of aromatic nitrogens is 2. The van der Waals surface area contributed by atoms with Crippen LogP contribution in [0.1, 0.15) is 37.9 Å². The second kappa shape index (κ2) is 5.79. The zero-order valence-electron chi connectivity index (χ0n) is 9.11. The number of nitrogens with zero attached hydrogens (tertiary/aromatic N) is 2. The van der Waals surface area contributed by atoms with E-state index >= 15 is 0 Å². The van der Waals surface area contributed by atoms with Crippen molar-refractivity contribution in [1.29, 1.82) is 0 Å². The fourth-order valence-corrected chi connectivity index (χ4v) is 2.15. The van der Waals surface area contributed by atoms with Gasteiger partial charge in [0.15, 0.2) is 10.9 Å². The molecule has 1 aromatic heterocycles. The Kier molecular flexibility index (Phi) is 4.10. The van der Waals surface area contributed by atoms with Crippen LogP contribution in [0, 0.1) is 0 Å². The van der Waals surface area contributed by atoms with Gasteiger partial charge in [0.05, 0.1) is 6.54 Å². The van der Waals surface area contributed by atoms with Gasteiger partial charge in [0, 0.05) is 6.04 Å². The highest BCUT2D eigenvalue weighted by Gasteiger charge is 2.13. The van der Waals surface area contributed by atoms with E-state index in [-0.39, 0.29) is 0 Å². The van der Waals surface area contributed by atoms with Crippen LogP contribution in [-0.2, 0) is 6.54 Å². The van der Waals surface area contributed by atoms with Crippen LogP contribution >= 0.6 is 12.2 Å². The van der Waals surface area contributed by atoms with Crippen LogP contribution in [0.15, 0.2) is 10.9 Å². The second-order valence-corrected chi connectivity index (χ2v) is 4.42. The lowest BCUT2D eigenvalue weighted by Gasteiger charge is -2.24. The van der Waals surface area contributed by atoms with E-state index in [0.29, 0.717) is 23.5 Å². The van der Waals surface area contributed by atoms with Crippen molar-refractivity contribution in [3.05, 3.63) is 12.2 Å². The molecule has 1 fully saturated rings. The molecule has 0 radical (unpaired) electrons. The lowest BCUT2D eigenvalue weighted by Crippen LogP contribution is -2.42. The fraction of sp³-hybridized carbons (Fsp3) is 0.700. The molecule has 0 saturated heterocycles. The first-order valence-electron chi connectivity index (χ1n) is 5.64. The molecule has 0 aromatic carbocycles. The van der Waals surface area contributed by atoms with Crippen molar-refractivity contribution in [2.45, 2.75) is 44.7 Å². The highest BCUT2D eigenvalue weighted by atomic mass is 32.1. The largest absolute Gasteiger partial charge is 0.360 e. The minimum Gasteiger partial charge on any atom is -0.360 e. The predicted octanol–water partition coefficient (Wildman–Crippen LogP) is 1.37. The smallest absolute Gasteiger partial charge is 0.213 e. The lowest BCUT2D eigenvalue weighted by molar-refractivity contribution is 0.406. The van der Waals surface area contributed by atoms with Crippen LogP contribution in [0.3, 0.4) is 0 Å². The standard InChI is InChI=1S/C10H16N4OS/c16-10(11-6-9-12-7-15-14-9)13-8-4-2-1-3-5-8/h7-8H,1-6H2,(H2,11,13,16). The molecule has 6 heteroatoms. The number of hydrogen-bond acceptors (Lipinski definition) is 4. The van der Waals surface area contributed by atoms with Gasteiger partial charge in [0.25, 0.3) is 0 Å². The summed E-state index contributed by atoms with van der Waals surface area (Å²) in [6, 6.07) is 0.527. The third-order valence-electron chi connectivity index (χ3n) is 2.75. The maximum absolute atomic E-state index is 5.20. The van der Waals surface area contributed by atoms with Crippen molar-refractivity contribution in [1.82, 2.24) is 20.8 Å². The summed E-state index contributed by atoms with van der Waals surface area (Å²) in [7, 11) is 0. The van der Waals surface area contributed by atoms with Crippen molar-refractivity contribution in [2.75, 3.05) is 0 Å². The molecule has 0 unspecified atom stereocenters. The van der Waals surface area contributed by atoms with Gasteiger partial charge in [0.1, 0.15) is 0 Å². The van der Waals surface area contributed by atoms with Crippen molar-refractivity contribution in [2.24, 2.45) is 0 Å². The predicted molar refractivity (Wildman–Crippen MR) is 63.7 cm³/mol. The molecular weight excluding hydrogens is 224 g/mol. The molecule has 1 aliphatic rings. The van der Waals surface area contributed by atoms with Crippen LogP contribution in [0.25, 0.3) is 0 Å². The summed E-state index contributed by atoms with van der Waals surface area (Å²) < 4.78 is 4.63. The van der Waals surface area contributed by atoms with Crippen LogP contribution in [0.2, 0.25) is 0 Å². The molecule has 5 nitrogen and oxygen atoms in total. The third-order valence-corrected chi connectivity index (χ3v) is 3.02. The highest BCUT2D eigenvalue weighted by Crippen LogP contribution is 2.17. The molecule has 0 aliphatic heterocycles. The van der Waals surface area contributed by atoms with Crippen LogP contribution in [0.4, 0.5) is 0 Å². The summed E-state index contributed by atoms with van der Waals surface area (Å²) in [5.41, 5.74) is 0. The highest BCUT2D eigenvalue weighted by molar-refractivity contribution is 7.80. The maximum atomic E-state index is 5.20. The van der Waals surface area contributed by atoms with Crippen molar-refractivity contribution in [3.8, 4) is 0 Å². The van der Waals surface area contributed by atoms with E-state index in [1.165, 1.54) is 38.5 Å². The number of rotatable bonds is 3. The topological polar surface area (TPSA) is 63.0 Å². The van der Waals surface area contributed by atoms with Gasteiger partial charge in [-0.25, -0.2) is 0 Å². The summed E-state index contributed by atoms with van der Waals surface area (Å²) in [6.07, 6.45) is 7.68. The van der Waals surface area contributed by atoms with Crippen LogP contribution < -0.4 is 10.6 Å². The average Bonchev–Trinajstić information content (AvgIpc) is 2.81. The quantitative estimate of drug-likeness (QED) is 0.778. The van der Waals surface area contributed by atoms with E-state index in [1.807, 2.05) is 0 Å². The van der Waals surface area contributed by atoms with Crippen molar-refractivity contribution < 1.29 is 4.52 Å². The van der Waals surface area contributed by atoms with E-state index < -0.39 is 0 Å². The Morgan fingerprint density at radius 3 is 2.94 bits per heavy atom. The summed E-state index contributed by atoms with van der Waals surface area (Å²) in [5, 5.41) is 10.8. The summed E-state index contributed by atoms with van der Waals surface area (Å²) in [6.45, 7) is 0.509. The van der Waals surface area contributed by atoms with E-state index in [2.05, 4.69) is 25.3 Å². The van der Waals surface area contributed by atoms with Gasteiger partial charge in [-0.1, -0.05) is 24.4 Å².